The van der Waals surface area contributed by atoms with Crippen LogP contribution in [0.4, 0.5) is 0 Å². The highest BCUT2D eigenvalue weighted by Crippen LogP contribution is 2.20. The van der Waals surface area contributed by atoms with Crippen LogP contribution in [0.1, 0.15) is 39.5 Å². The number of nitrogens with one attached hydrogen (secondary N) is 1. The van der Waals surface area contributed by atoms with Crippen LogP contribution in [0.5, 0.6) is 0 Å². The SMILES string of the molecule is CC(C)SC(=O)CCC1CCCNC1. The van der Waals surface area contributed by atoms with Gasteiger partial charge in [-0.15, -0.1) is 0 Å². The van der Waals surface area contributed by atoms with Crippen molar-refractivity contribution < 1.29 is 4.79 Å². The third kappa shape index (κ3) is 5.01. The largest absolute Gasteiger partial charge is 0.316 e. The van der Waals surface area contributed by atoms with Crippen LogP contribution < -0.4 is 5.32 Å². The highest BCUT2D eigenvalue weighted by Gasteiger charge is 2.14. The number of piperidine rings is 1. The van der Waals surface area contributed by atoms with Crippen molar-refractivity contribution in [1.29, 1.82) is 0 Å². The van der Waals surface area contributed by atoms with E-state index in [1.165, 1.54) is 24.6 Å². The number of thioether (sulfide) groups is 1. The zero-order valence-electron chi connectivity index (χ0n) is 9.21. The lowest BCUT2D eigenvalue weighted by molar-refractivity contribution is -0.111. The molecule has 82 valence electrons. The molecule has 1 saturated heterocycles. The molecule has 0 saturated carbocycles. The molecule has 1 atom stereocenters. The lowest BCUT2D eigenvalue weighted by atomic mass is 9.95. The van der Waals surface area contributed by atoms with Crippen molar-refractivity contribution in [2.45, 2.75) is 44.8 Å². The summed E-state index contributed by atoms with van der Waals surface area (Å²) in [6, 6.07) is 0. The zero-order chi connectivity index (χ0) is 10.4. The molecule has 0 aliphatic carbocycles. The third-order valence-electron chi connectivity index (χ3n) is 2.52. The average Bonchev–Trinajstić information content (AvgIpc) is 2.15. The van der Waals surface area contributed by atoms with Gasteiger partial charge in [0.1, 0.15) is 0 Å². The summed E-state index contributed by atoms with van der Waals surface area (Å²) in [6.45, 7) is 6.42. The first-order chi connectivity index (χ1) is 6.68. The molecular weight excluding hydrogens is 194 g/mol. The van der Waals surface area contributed by atoms with Crippen molar-refractivity contribution in [2.75, 3.05) is 13.1 Å². The maximum absolute atomic E-state index is 11.4. The summed E-state index contributed by atoms with van der Waals surface area (Å²) in [4.78, 5) is 11.4. The monoisotopic (exact) mass is 215 g/mol. The van der Waals surface area contributed by atoms with Gasteiger partial charge >= 0.3 is 0 Å². The molecule has 0 aromatic heterocycles. The number of carbonyl (C=O) groups is 1. The highest BCUT2D eigenvalue weighted by atomic mass is 32.2. The quantitative estimate of drug-likeness (QED) is 0.781. The van der Waals surface area contributed by atoms with E-state index in [9.17, 15) is 4.79 Å². The second-order valence-electron chi connectivity index (χ2n) is 4.29. The topological polar surface area (TPSA) is 29.1 Å². The van der Waals surface area contributed by atoms with Crippen molar-refractivity contribution >= 4 is 16.9 Å². The Labute approximate surface area is 91.2 Å². The van der Waals surface area contributed by atoms with E-state index in [0.29, 0.717) is 10.4 Å². The summed E-state index contributed by atoms with van der Waals surface area (Å²) in [5.74, 6) is 0.737. The molecule has 14 heavy (non-hydrogen) atoms. The second-order valence-corrected chi connectivity index (χ2v) is 5.92. The minimum absolute atomic E-state index is 0.366. The van der Waals surface area contributed by atoms with Crippen LogP contribution in [-0.2, 0) is 4.79 Å². The van der Waals surface area contributed by atoms with Crippen LogP contribution in [0, 0.1) is 5.92 Å². The molecule has 2 nitrogen and oxygen atoms in total. The predicted octanol–water partition coefficient (Wildman–Crippen LogP) is 2.43. The summed E-state index contributed by atoms with van der Waals surface area (Å²) in [5, 5.41) is 4.18. The summed E-state index contributed by atoms with van der Waals surface area (Å²) in [5.41, 5.74) is 0. The van der Waals surface area contributed by atoms with Gasteiger partial charge < -0.3 is 5.32 Å². The molecular formula is C11H21NOS. The Hall–Kier alpha value is -0.0200. The van der Waals surface area contributed by atoms with Gasteiger partial charge in [0, 0.05) is 11.7 Å². The number of hydrogen-bond acceptors (Lipinski definition) is 3. The highest BCUT2D eigenvalue weighted by molar-refractivity contribution is 8.14. The normalized spacial score (nSPS) is 22.6. The zero-order valence-corrected chi connectivity index (χ0v) is 10.0. The molecule has 0 radical (unpaired) electrons. The maximum atomic E-state index is 11.4. The molecule has 1 fully saturated rings. The average molecular weight is 215 g/mol. The first-order valence-corrected chi connectivity index (χ1v) is 6.46. The molecule has 1 heterocycles. The van der Waals surface area contributed by atoms with Gasteiger partial charge in [0.05, 0.1) is 0 Å². The van der Waals surface area contributed by atoms with E-state index in [-0.39, 0.29) is 0 Å². The smallest absolute Gasteiger partial charge is 0.189 e. The minimum atomic E-state index is 0.366. The minimum Gasteiger partial charge on any atom is -0.316 e. The van der Waals surface area contributed by atoms with Gasteiger partial charge in [-0.1, -0.05) is 25.6 Å². The van der Waals surface area contributed by atoms with E-state index in [4.69, 9.17) is 0 Å². The molecule has 1 N–H and O–H groups in total. The Balaban J connectivity index is 2.09. The van der Waals surface area contributed by atoms with Gasteiger partial charge in [0.2, 0.25) is 0 Å². The van der Waals surface area contributed by atoms with Gasteiger partial charge in [-0.25, -0.2) is 0 Å². The molecule has 0 aromatic carbocycles. The van der Waals surface area contributed by atoms with Crippen LogP contribution in [0.3, 0.4) is 0 Å². The first-order valence-electron chi connectivity index (χ1n) is 5.58. The van der Waals surface area contributed by atoms with Crippen LogP contribution in [0.15, 0.2) is 0 Å². The summed E-state index contributed by atoms with van der Waals surface area (Å²) >= 11 is 1.48. The van der Waals surface area contributed by atoms with Gasteiger partial charge in [0.25, 0.3) is 0 Å². The second kappa shape index (κ2) is 6.46. The van der Waals surface area contributed by atoms with Crippen molar-refractivity contribution in [3.8, 4) is 0 Å². The summed E-state index contributed by atoms with van der Waals surface area (Å²) < 4.78 is 0. The van der Waals surface area contributed by atoms with Crippen LogP contribution in [0.25, 0.3) is 0 Å². The first kappa shape index (κ1) is 12.1. The number of carbonyl (C=O) groups excluding carboxylic acids is 1. The summed E-state index contributed by atoms with van der Waals surface area (Å²) in [6.07, 6.45) is 4.41. The third-order valence-corrected chi connectivity index (χ3v) is 3.46. The Morgan fingerprint density at radius 3 is 2.93 bits per heavy atom. The van der Waals surface area contributed by atoms with Crippen LogP contribution in [-0.4, -0.2) is 23.5 Å². The molecule has 0 bridgehead atoms. The van der Waals surface area contributed by atoms with Crippen molar-refractivity contribution in [3.63, 3.8) is 0 Å². The Morgan fingerprint density at radius 1 is 1.57 bits per heavy atom. The maximum Gasteiger partial charge on any atom is 0.189 e. The molecule has 1 unspecified atom stereocenters. The van der Waals surface area contributed by atoms with Gasteiger partial charge in [-0.2, -0.15) is 0 Å². The molecule has 1 aliphatic heterocycles. The Bertz CT molecular complexity index is 176. The molecule has 1 rings (SSSR count). The van der Waals surface area contributed by atoms with E-state index in [2.05, 4.69) is 19.2 Å². The van der Waals surface area contributed by atoms with E-state index in [0.717, 1.165) is 31.8 Å². The van der Waals surface area contributed by atoms with Crippen LogP contribution in [0.2, 0.25) is 0 Å². The van der Waals surface area contributed by atoms with Gasteiger partial charge in [-0.3, -0.25) is 4.79 Å². The van der Waals surface area contributed by atoms with E-state index in [1.54, 1.807) is 0 Å². The number of rotatable bonds is 4. The molecule has 0 aromatic rings. The predicted molar refractivity (Wildman–Crippen MR) is 62.6 cm³/mol. The fourth-order valence-electron chi connectivity index (χ4n) is 1.81. The standard InChI is InChI=1S/C11H21NOS/c1-9(2)14-11(13)6-5-10-4-3-7-12-8-10/h9-10,12H,3-8H2,1-2H3. The lowest BCUT2D eigenvalue weighted by Crippen LogP contribution is -2.29. The molecule has 1 aliphatic rings. The lowest BCUT2D eigenvalue weighted by Gasteiger charge is -2.22. The van der Waals surface area contributed by atoms with Gasteiger partial charge in [-0.05, 0) is 38.3 Å². The van der Waals surface area contributed by atoms with Crippen LogP contribution >= 0.6 is 11.8 Å². The fourth-order valence-corrected chi connectivity index (χ4v) is 2.58. The van der Waals surface area contributed by atoms with Crippen molar-refractivity contribution in [1.82, 2.24) is 5.32 Å². The van der Waals surface area contributed by atoms with Gasteiger partial charge in [0.15, 0.2) is 5.12 Å². The Morgan fingerprint density at radius 2 is 2.36 bits per heavy atom. The van der Waals surface area contributed by atoms with E-state index >= 15 is 0 Å². The fraction of sp³-hybridized carbons (Fsp3) is 0.909. The summed E-state index contributed by atoms with van der Waals surface area (Å²) in [7, 11) is 0. The van der Waals surface area contributed by atoms with Crippen molar-refractivity contribution in [3.05, 3.63) is 0 Å². The van der Waals surface area contributed by atoms with Crippen molar-refractivity contribution in [2.24, 2.45) is 5.92 Å². The van der Waals surface area contributed by atoms with E-state index < -0.39 is 0 Å². The molecule has 0 amide bonds. The molecule has 0 spiro atoms. The number of hydrogen-bond donors (Lipinski definition) is 1. The molecule has 3 heteroatoms. The van der Waals surface area contributed by atoms with E-state index in [1.807, 2.05) is 0 Å². The Kier molecular flexibility index (Phi) is 5.56.